The van der Waals surface area contributed by atoms with Crippen LogP contribution in [0.3, 0.4) is 0 Å². The van der Waals surface area contributed by atoms with Crippen LogP contribution in [0.1, 0.15) is 11.5 Å². The van der Waals surface area contributed by atoms with E-state index in [1.807, 2.05) is 30.3 Å². The van der Waals surface area contributed by atoms with Crippen molar-refractivity contribution in [1.29, 1.82) is 0 Å². The number of hydrogen-bond donors (Lipinski definition) is 1. The zero-order chi connectivity index (χ0) is 16.6. The number of nitro groups is 1. The molecule has 1 saturated heterocycles. The Morgan fingerprint density at radius 1 is 1.17 bits per heavy atom. The summed E-state index contributed by atoms with van der Waals surface area (Å²) in [5.74, 6) is -0.0825. The van der Waals surface area contributed by atoms with E-state index in [0.29, 0.717) is 11.3 Å². The van der Waals surface area contributed by atoms with Crippen molar-refractivity contribution < 1.29 is 13.3 Å². The van der Waals surface area contributed by atoms with E-state index in [1.165, 1.54) is 16.4 Å². The number of nitrogens with two attached hydrogens (primary N) is 1. The van der Waals surface area contributed by atoms with Crippen LogP contribution in [0.4, 0.5) is 5.00 Å². The third kappa shape index (κ3) is 3.00. The highest BCUT2D eigenvalue weighted by Gasteiger charge is 2.39. The fourth-order valence-electron chi connectivity index (χ4n) is 2.72. The van der Waals surface area contributed by atoms with E-state index >= 15 is 0 Å². The van der Waals surface area contributed by atoms with E-state index in [0.717, 1.165) is 5.56 Å². The molecule has 2 heterocycles. The van der Waals surface area contributed by atoms with Crippen molar-refractivity contribution >= 4 is 26.4 Å². The second kappa shape index (κ2) is 6.00. The highest BCUT2D eigenvalue weighted by atomic mass is 32.2. The summed E-state index contributed by atoms with van der Waals surface area (Å²) in [5, 5.41) is 10.6. The molecule has 1 aromatic carbocycles. The smallest absolute Gasteiger partial charge is 0.325 e. The van der Waals surface area contributed by atoms with E-state index in [2.05, 4.69) is 0 Å². The molecule has 0 amide bonds. The van der Waals surface area contributed by atoms with Gasteiger partial charge in [0.05, 0.1) is 4.92 Å². The fraction of sp³-hybridized carbons (Fsp3) is 0.286. The lowest BCUT2D eigenvalue weighted by molar-refractivity contribution is -0.380. The van der Waals surface area contributed by atoms with Gasteiger partial charge in [0.2, 0.25) is 0 Å². The lowest BCUT2D eigenvalue weighted by Crippen LogP contribution is -2.31. The fourth-order valence-corrected chi connectivity index (χ4v) is 5.48. The number of thiophene rings is 1. The van der Waals surface area contributed by atoms with Crippen LogP contribution in [-0.2, 0) is 10.0 Å². The topological polar surface area (TPSA) is 107 Å². The maximum absolute atomic E-state index is 12.7. The van der Waals surface area contributed by atoms with Gasteiger partial charge in [-0.3, -0.25) is 10.1 Å². The van der Waals surface area contributed by atoms with Crippen molar-refractivity contribution in [2.24, 2.45) is 5.73 Å². The van der Waals surface area contributed by atoms with Gasteiger partial charge in [-0.15, -0.1) is 0 Å². The average molecular weight is 353 g/mol. The Labute approximate surface area is 137 Å². The predicted octanol–water partition coefficient (Wildman–Crippen LogP) is 1.77. The van der Waals surface area contributed by atoms with E-state index in [1.54, 1.807) is 0 Å². The number of benzene rings is 1. The maximum atomic E-state index is 12.7. The molecule has 2 N–H and O–H groups in total. The summed E-state index contributed by atoms with van der Waals surface area (Å²) in [6, 6.07) is 11.7. The third-order valence-corrected chi connectivity index (χ3v) is 7.24. The highest BCUT2D eigenvalue weighted by molar-refractivity contribution is 7.91. The van der Waals surface area contributed by atoms with Gasteiger partial charge >= 0.3 is 5.00 Å². The summed E-state index contributed by atoms with van der Waals surface area (Å²) in [6.07, 6.45) is 0. The van der Waals surface area contributed by atoms with Gasteiger partial charge in [-0.2, -0.15) is 4.31 Å². The Hall–Kier alpha value is -1.81. The van der Waals surface area contributed by atoms with Gasteiger partial charge in [0.15, 0.2) is 0 Å². The normalized spacial score (nSPS) is 22.3. The Bertz CT molecular complexity index is 820. The maximum Gasteiger partial charge on any atom is 0.325 e. The molecule has 0 bridgehead atoms. The molecule has 1 aliphatic rings. The minimum atomic E-state index is -3.76. The van der Waals surface area contributed by atoms with Crippen molar-refractivity contribution in [3.63, 3.8) is 0 Å². The first kappa shape index (κ1) is 16.1. The van der Waals surface area contributed by atoms with Crippen LogP contribution in [0.25, 0.3) is 0 Å². The van der Waals surface area contributed by atoms with Crippen LogP contribution in [-0.4, -0.2) is 36.8 Å². The summed E-state index contributed by atoms with van der Waals surface area (Å²) in [5.41, 5.74) is 7.11. The van der Waals surface area contributed by atoms with E-state index in [4.69, 9.17) is 5.73 Å². The van der Waals surface area contributed by atoms with Crippen LogP contribution in [0.5, 0.6) is 0 Å². The molecule has 0 saturated carbocycles. The van der Waals surface area contributed by atoms with Crippen molar-refractivity contribution in [3.05, 3.63) is 58.1 Å². The number of sulfonamides is 1. The summed E-state index contributed by atoms with van der Waals surface area (Å²) in [7, 11) is -3.76. The molecule has 1 aromatic heterocycles. The van der Waals surface area contributed by atoms with Crippen molar-refractivity contribution in [2.45, 2.75) is 16.2 Å². The zero-order valence-electron chi connectivity index (χ0n) is 12.0. The lowest BCUT2D eigenvalue weighted by atomic mass is 9.95. The molecule has 7 nitrogen and oxygen atoms in total. The molecule has 2 aromatic rings. The second-order valence-electron chi connectivity index (χ2n) is 5.35. The van der Waals surface area contributed by atoms with E-state index in [9.17, 15) is 18.5 Å². The Morgan fingerprint density at radius 3 is 2.48 bits per heavy atom. The van der Waals surface area contributed by atoms with Crippen LogP contribution < -0.4 is 5.73 Å². The van der Waals surface area contributed by atoms with Gasteiger partial charge in [-0.25, -0.2) is 8.42 Å². The molecular formula is C14H15N3O4S2. The Balaban J connectivity index is 1.85. The largest absolute Gasteiger partial charge is 0.326 e. The van der Waals surface area contributed by atoms with Crippen molar-refractivity contribution in [1.82, 2.24) is 4.31 Å². The molecule has 0 aliphatic carbocycles. The molecule has 9 heteroatoms. The van der Waals surface area contributed by atoms with Crippen LogP contribution in [0.15, 0.2) is 46.7 Å². The average Bonchev–Trinajstić information content (AvgIpc) is 3.15. The molecule has 23 heavy (non-hydrogen) atoms. The van der Waals surface area contributed by atoms with Gasteiger partial charge in [0.1, 0.15) is 4.21 Å². The van der Waals surface area contributed by atoms with Gasteiger partial charge in [0.25, 0.3) is 10.0 Å². The lowest BCUT2D eigenvalue weighted by Gasteiger charge is -2.15. The van der Waals surface area contributed by atoms with Gasteiger partial charge in [0, 0.05) is 31.1 Å². The molecule has 122 valence electrons. The molecule has 1 aliphatic heterocycles. The first-order valence-corrected chi connectivity index (χ1v) is 9.20. The van der Waals surface area contributed by atoms with Crippen LogP contribution in [0, 0.1) is 10.1 Å². The quantitative estimate of drug-likeness (QED) is 0.666. The summed E-state index contributed by atoms with van der Waals surface area (Å²) >= 11 is 0.664. The summed E-state index contributed by atoms with van der Waals surface area (Å²) < 4.78 is 26.6. The number of nitrogens with zero attached hydrogens (tertiary/aromatic N) is 2. The van der Waals surface area contributed by atoms with E-state index < -0.39 is 14.9 Å². The zero-order valence-corrected chi connectivity index (χ0v) is 13.7. The first-order chi connectivity index (χ1) is 10.9. The van der Waals surface area contributed by atoms with Crippen molar-refractivity contribution in [2.75, 3.05) is 13.1 Å². The number of hydrogen-bond acceptors (Lipinski definition) is 6. The Morgan fingerprint density at radius 2 is 1.87 bits per heavy atom. The van der Waals surface area contributed by atoms with Gasteiger partial charge < -0.3 is 5.73 Å². The molecule has 2 atom stereocenters. The summed E-state index contributed by atoms with van der Waals surface area (Å²) in [6.45, 7) is 0.479. The minimum Gasteiger partial charge on any atom is -0.326 e. The molecule has 1 fully saturated rings. The number of rotatable bonds is 4. The monoisotopic (exact) mass is 353 g/mol. The standard InChI is InChI=1S/C14H15N3O4S2/c15-12-9-16(8-11(12)10-4-2-1-3-5-10)23(20,21)14-7-6-13(22-14)17(18)19/h1-7,11-12H,8-9,15H2/t11-,12+/m0/s1. The van der Waals surface area contributed by atoms with Gasteiger partial charge in [-0.1, -0.05) is 30.3 Å². The molecule has 0 radical (unpaired) electrons. The Kier molecular flexibility index (Phi) is 4.19. The van der Waals surface area contributed by atoms with Gasteiger partial charge in [-0.05, 0) is 23.0 Å². The minimum absolute atomic E-state index is 0.0230. The molecule has 0 unspecified atom stereocenters. The van der Waals surface area contributed by atoms with Crippen LogP contribution >= 0.6 is 11.3 Å². The molecule has 0 spiro atoms. The third-order valence-electron chi connectivity index (χ3n) is 3.90. The highest BCUT2D eigenvalue weighted by Crippen LogP contribution is 2.34. The van der Waals surface area contributed by atoms with Crippen molar-refractivity contribution in [3.8, 4) is 0 Å². The summed E-state index contributed by atoms with van der Waals surface area (Å²) in [4.78, 5) is 10.1. The SMILES string of the molecule is N[C@@H]1CN(S(=O)(=O)c2ccc([N+](=O)[O-])s2)C[C@H]1c1ccccc1. The first-order valence-electron chi connectivity index (χ1n) is 6.94. The molecular weight excluding hydrogens is 338 g/mol. The predicted molar refractivity (Wildman–Crippen MR) is 86.9 cm³/mol. The van der Waals surface area contributed by atoms with E-state index in [-0.39, 0.29) is 34.3 Å². The van der Waals surface area contributed by atoms with Crippen LogP contribution in [0.2, 0.25) is 0 Å². The molecule has 3 rings (SSSR count). The second-order valence-corrected chi connectivity index (χ2v) is 8.58.